The van der Waals surface area contributed by atoms with Gasteiger partial charge in [-0.2, -0.15) is 0 Å². The molecule has 0 aliphatic heterocycles. The third kappa shape index (κ3) is 3.48. The summed E-state index contributed by atoms with van der Waals surface area (Å²) in [5, 5.41) is 12.1. The van der Waals surface area contributed by atoms with E-state index in [0.29, 0.717) is 29.8 Å². The van der Waals surface area contributed by atoms with Gasteiger partial charge in [0.1, 0.15) is 0 Å². The van der Waals surface area contributed by atoms with Gasteiger partial charge in [-0.15, -0.1) is 0 Å². The number of halogens is 2. The summed E-state index contributed by atoms with van der Waals surface area (Å²) in [6.45, 7) is 0. The van der Waals surface area contributed by atoms with Crippen LogP contribution < -0.4 is 5.32 Å². The number of carboxylic acids is 1. The second-order valence-electron chi connectivity index (χ2n) is 4.64. The minimum atomic E-state index is -0.794. The van der Waals surface area contributed by atoms with Crippen LogP contribution >= 0.6 is 27.5 Å². The fourth-order valence-electron chi connectivity index (χ4n) is 2.27. The van der Waals surface area contributed by atoms with Crippen molar-refractivity contribution in [1.29, 1.82) is 0 Å². The average Bonchev–Trinajstić information content (AvgIpc) is 2.80. The monoisotopic (exact) mass is 345 g/mol. The van der Waals surface area contributed by atoms with Crippen LogP contribution in [0.5, 0.6) is 0 Å². The molecule has 2 unspecified atom stereocenters. The number of hydrogen-bond donors (Lipinski definition) is 2. The van der Waals surface area contributed by atoms with E-state index in [1.165, 1.54) is 0 Å². The number of amides is 1. The SMILES string of the molecule is O=C(NC1CCC(C(=O)O)C1)c1cc(Br)ccc1Cl. The highest BCUT2D eigenvalue weighted by Gasteiger charge is 2.30. The smallest absolute Gasteiger partial charge is 0.306 e. The quantitative estimate of drug-likeness (QED) is 0.884. The van der Waals surface area contributed by atoms with Crippen molar-refractivity contribution in [3.8, 4) is 0 Å². The maximum absolute atomic E-state index is 12.1. The van der Waals surface area contributed by atoms with Gasteiger partial charge < -0.3 is 10.4 Å². The molecular weight excluding hydrogens is 334 g/mol. The molecule has 2 atom stereocenters. The van der Waals surface area contributed by atoms with Gasteiger partial charge in [0.25, 0.3) is 5.91 Å². The molecule has 1 saturated carbocycles. The Morgan fingerprint density at radius 1 is 1.37 bits per heavy atom. The topological polar surface area (TPSA) is 66.4 Å². The van der Waals surface area contributed by atoms with Crippen molar-refractivity contribution in [2.24, 2.45) is 5.92 Å². The first-order valence-electron chi connectivity index (χ1n) is 5.96. The molecule has 1 aliphatic carbocycles. The molecule has 1 fully saturated rings. The minimum Gasteiger partial charge on any atom is -0.481 e. The summed E-state index contributed by atoms with van der Waals surface area (Å²) in [6, 6.07) is 4.97. The lowest BCUT2D eigenvalue weighted by molar-refractivity contribution is -0.141. The van der Waals surface area contributed by atoms with E-state index in [0.717, 1.165) is 4.47 Å². The van der Waals surface area contributed by atoms with Gasteiger partial charge in [0.05, 0.1) is 16.5 Å². The Morgan fingerprint density at radius 2 is 2.11 bits per heavy atom. The lowest BCUT2D eigenvalue weighted by atomic mass is 10.1. The molecule has 1 aromatic rings. The molecule has 6 heteroatoms. The average molecular weight is 347 g/mol. The van der Waals surface area contributed by atoms with Crippen molar-refractivity contribution in [3.05, 3.63) is 33.3 Å². The maximum atomic E-state index is 12.1. The summed E-state index contributed by atoms with van der Waals surface area (Å²) in [6.07, 6.45) is 1.77. The Morgan fingerprint density at radius 3 is 2.74 bits per heavy atom. The Hall–Kier alpha value is -1.07. The number of carbonyl (C=O) groups is 2. The van der Waals surface area contributed by atoms with Crippen LogP contribution in [0.15, 0.2) is 22.7 Å². The molecule has 102 valence electrons. The molecule has 1 aliphatic rings. The molecule has 1 aromatic carbocycles. The molecule has 0 aromatic heterocycles. The number of carbonyl (C=O) groups excluding carboxylic acids is 1. The first-order valence-corrected chi connectivity index (χ1v) is 7.13. The van der Waals surface area contributed by atoms with E-state index in [-0.39, 0.29) is 17.9 Å². The second-order valence-corrected chi connectivity index (χ2v) is 5.97. The third-order valence-electron chi connectivity index (χ3n) is 3.29. The number of nitrogens with one attached hydrogen (secondary N) is 1. The maximum Gasteiger partial charge on any atom is 0.306 e. The minimum absolute atomic E-state index is 0.0938. The molecule has 0 bridgehead atoms. The van der Waals surface area contributed by atoms with Gasteiger partial charge in [-0.1, -0.05) is 27.5 Å². The number of hydrogen-bond acceptors (Lipinski definition) is 2. The van der Waals surface area contributed by atoms with Crippen LogP contribution in [-0.2, 0) is 4.79 Å². The molecule has 19 heavy (non-hydrogen) atoms. The highest BCUT2D eigenvalue weighted by Crippen LogP contribution is 2.27. The van der Waals surface area contributed by atoms with E-state index < -0.39 is 5.97 Å². The molecule has 4 nitrogen and oxygen atoms in total. The zero-order chi connectivity index (χ0) is 14.0. The Bertz CT molecular complexity index is 521. The fraction of sp³-hybridized carbons (Fsp3) is 0.385. The van der Waals surface area contributed by atoms with Gasteiger partial charge in [0.2, 0.25) is 0 Å². The van der Waals surface area contributed by atoms with Gasteiger partial charge in [-0.05, 0) is 37.5 Å². The van der Waals surface area contributed by atoms with Crippen molar-refractivity contribution in [1.82, 2.24) is 5.32 Å². The number of carboxylic acid groups (broad SMARTS) is 1. The fourth-order valence-corrected chi connectivity index (χ4v) is 2.84. The largest absolute Gasteiger partial charge is 0.481 e. The zero-order valence-electron chi connectivity index (χ0n) is 10.0. The van der Waals surface area contributed by atoms with Crippen molar-refractivity contribution in [2.45, 2.75) is 25.3 Å². The summed E-state index contributed by atoms with van der Waals surface area (Å²) >= 11 is 9.27. The molecule has 0 saturated heterocycles. The van der Waals surface area contributed by atoms with Gasteiger partial charge in [0.15, 0.2) is 0 Å². The first-order chi connectivity index (χ1) is 8.97. The molecule has 2 rings (SSSR count). The van der Waals surface area contributed by atoms with E-state index in [1.54, 1.807) is 18.2 Å². The van der Waals surface area contributed by atoms with Crippen molar-refractivity contribution in [2.75, 3.05) is 0 Å². The number of aliphatic carboxylic acids is 1. The second kappa shape index (κ2) is 5.92. The first kappa shape index (κ1) is 14.3. The molecular formula is C13H13BrClNO3. The standard InChI is InChI=1S/C13H13BrClNO3/c14-8-2-4-11(15)10(6-8)12(17)16-9-3-1-7(5-9)13(18)19/h2,4,6-7,9H,1,3,5H2,(H,16,17)(H,18,19). The highest BCUT2D eigenvalue weighted by atomic mass is 79.9. The van der Waals surface area contributed by atoms with Crippen LogP contribution in [0.2, 0.25) is 5.02 Å². The normalized spacial score (nSPS) is 22.2. The summed E-state index contributed by atoms with van der Waals surface area (Å²) in [4.78, 5) is 22.9. The van der Waals surface area contributed by atoms with Gasteiger partial charge in [-0.3, -0.25) is 9.59 Å². The van der Waals surface area contributed by atoms with Gasteiger partial charge in [0, 0.05) is 10.5 Å². The summed E-state index contributed by atoms with van der Waals surface area (Å²) in [5.74, 6) is -1.41. The lowest BCUT2D eigenvalue weighted by Gasteiger charge is -2.13. The van der Waals surface area contributed by atoms with Crippen LogP contribution in [0.25, 0.3) is 0 Å². The Kier molecular flexibility index (Phi) is 4.47. The third-order valence-corrected chi connectivity index (χ3v) is 4.11. The van der Waals surface area contributed by atoms with Crippen molar-refractivity contribution >= 4 is 39.4 Å². The zero-order valence-corrected chi connectivity index (χ0v) is 12.4. The van der Waals surface area contributed by atoms with E-state index in [1.807, 2.05) is 0 Å². The number of rotatable bonds is 3. The Balaban J connectivity index is 2.02. The predicted octanol–water partition coefficient (Wildman–Crippen LogP) is 3.09. The van der Waals surface area contributed by atoms with Crippen molar-refractivity contribution < 1.29 is 14.7 Å². The van der Waals surface area contributed by atoms with Crippen LogP contribution in [0.1, 0.15) is 29.6 Å². The van der Waals surface area contributed by atoms with E-state index in [4.69, 9.17) is 16.7 Å². The molecule has 2 N–H and O–H groups in total. The summed E-state index contributed by atoms with van der Waals surface area (Å²) < 4.78 is 0.775. The van der Waals surface area contributed by atoms with E-state index in [9.17, 15) is 9.59 Å². The molecule has 0 heterocycles. The summed E-state index contributed by atoms with van der Waals surface area (Å²) in [7, 11) is 0. The molecule has 0 radical (unpaired) electrons. The Labute approximate surface area is 124 Å². The molecule has 1 amide bonds. The van der Waals surface area contributed by atoms with Crippen molar-refractivity contribution in [3.63, 3.8) is 0 Å². The lowest BCUT2D eigenvalue weighted by Crippen LogP contribution is -2.33. The highest BCUT2D eigenvalue weighted by molar-refractivity contribution is 9.10. The van der Waals surface area contributed by atoms with E-state index in [2.05, 4.69) is 21.2 Å². The molecule has 0 spiro atoms. The van der Waals surface area contributed by atoms with Crippen LogP contribution in [0, 0.1) is 5.92 Å². The predicted molar refractivity (Wildman–Crippen MR) is 75.4 cm³/mol. The van der Waals surface area contributed by atoms with Gasteiger partial charge in [-0.25, -0.2) is 0 Å². The summed E-state index contributed by atoms with van der Waals surface area (Å²) in [5.41, 5.74) is 0.398. The van der Waals surface area contributed by atoms with E-state index >= 15 is 0 Å². The van der Waals surface area contributed by atoms with Gasteiger partial charge >= 0.3 is 5.97 Å². The van der Waals surface area contributed by atoms with Crippen LogP contribution in [0.3, 0.4) is 0 Å². The van der Waals surface area contributed by atoms with Crippen LogP contribution in [-0.4, -0.2) is 23.0 Å². The van der Waals surface area contributed by atoms with Crippen LogP contribution in [0.4, 0.5) is 0 Å². The number of benzene rings is 1.